The summed E-state index contributed by atoms with van der Waals surface area (Å²) in [5.41, 5.74) is -3.62. The number of carbonyl (C=O) groups excluding carboxylic acids is 2. The van der Waals surface area contributed by atoms with Crippen LogP contribution < -0.4 is 19.9 Å². The van der Waals surface area contributed by atoms with E-state index in [4.69, 9.17) is 4.74 Å². The molecule has 6 aromatic heterocycles. The van der Waals surface area contributed by atoms with Gasteiger partial charge >= 0.3 is 12.4 Å². The van der Waals surface area contributed by atoms with Gasteiger partial charge in [-0.3, -0.25) is 19.6 Å². The number of benzene rings is 4. The van der Waals surface area contributed by atoms with Gasteiger partial charge in [-0.05, 0) is 66.2 Å². The summed E-state index contributed by atoms with van der Waals surface area (Å²) in [6.07, 6.45) is 0.000918. The number of carbonyl (C=O) groups is 2. The molecule has 4 aromatic carbocycles. The summed E-state index contributed by atoms with van der Waals surface area (Å²) in [4.78, 5) is 57.8. The van der Waals surface area contributed by atoms with Crippen molar-refractivity contribution in [2.45, 2.75) is 19.0 Å². The highest BCUT2D eigenvalue weighted by molar-refractivity contribution is 6.08. The summed E-state index contributed by atoms with van der Waals surface area (Å²) in [5.74, 6) is -6.50. The standard InChI is InChI=1S/C57H34F8N10O4/c58-44-25-43(57(63,64)65)39(23-40(44)54(77)73-47-20-35(46-16-15-32(31-76)26-69-46)27-70-50(47)33-10-3-1-4-11-33)53-71-28-36(29-72-53)75-30-37(79-49-14-7-8-17-66-49)21-48(51(75)34-12-5-2-6-13-34)74-55(78)41-22-38(52-67-18-9-19-68-52)42(24-45(41)59)56(60,61)62/h1-30,76H,31H2,(H-,73,74,77,78)/p+1. The molecule has 10 aromatic rings. The minimum atomic E-state index is -5.20. The number of aliphatic hydroxyl groups excluding tert-OH is 1. The zero-order valence-electron chi connectivity index (χ0n) is 40.3. The number of alkyl halides is 6. The van der Waals surface area contributed by atoms with Crippen molar-refractivity contribution in [1.82, 2.24) is 34.9 Å². The first kappa shape index (κ1) is 52.2. The van der Waals surface area contributed by atoms with E-state index in [0.717, 1.165) is 12.4 Å². The third-order valence-electron chi connectivity index (χ3n) is 12.0. The van der Waals surface area contributed by atoms with Crippen LogP contribution in [0.3, 0.4) is 0 Å². The Bertz CT molecular complexity index is 3880. The smallest absolute Gasteiger partial charge is 0.417 e. The zero-order chi connectivity index (χ0) is 55.4. The molecular weight excluding hydrogens is 1040 g/mol. The Kier molecular flexibility index (Phi) is 14.4. The molecule has 0 aliphatic heterocycles. The second-order valence-electron chi connectivity index (χ2n) is 17.1. The first-order valence-corrected chi connectivity index (χ1v) is 23.4. The van der Waals surface area contributed by atoms with E-state index in [1.807, 2.05) is 0 Å². The Morgan fingerprint density at radius 2 is 1.11 bits per heavy atom. The van der Waals surface area contributed by atoms with Crippen LogP contribution in [0.15, 0.2) is 183 Å². The van der Waals surface area contributed by atoms with Gasteiger partial charge in [0.25, 0.3) is 11.8 Å². The van der Waals surface area contributed by atoms with Gasteiger partial charge in [0, 0.05) is 70.9 Å². The molecule has 392 valence electrons. The van der Waals surface area contributed by atoms with Crippen LogP contribution in [0.2, 0.25) is 0 Å². The lowest BCUT2D eigenvalue weighted by Crippen LogP contribution is -2.35. The average Bonchev–Trinajstić information content (AvgIpc) is 3.47. The fraction of sp³-hybridized carbons (Fsp3) is 0.0526. The number of hydrogen-bond donors (Lipinski definition) is 3. The van der Waals surface area contributed by atoms with Crippen LogP contribution in [0.5, 0.6) is 11.6 Å². The van der Waals surface area contributed by atoms with Crippen molar-refractivity contribution in [3.63, 3.8) is 0 Å². The van der Waals surface area contributed by atoms with Gasteiger partial charge in [-0.15, -0.1) is 0 Å². The number of pyridine rings is 4. The van der Waals surface area contributed by atoms with Crippen LogP contribution in [0, 0.1) is 11.6 Å². The van der Waals surface area contributed by atoms with Crippen molar-refractivity contribution < 1.29 is 59.1 Å². The molecule has 6 heterocycles. The fourth-order valence-electron chi connectivity index (χ4n) is 8.29. The second-order valence-corrected chi connectivity index (χ2v) is 17.1. The molecule has 3 N–H and O–H groups in total. The van der Waals surface area contributed by atoms with E-state index in [2.05, 4.69) is 45.5 Å². The van der Waals surface area contributed by atoms with Crippen molar-refractivity contribution in [2.24, 2.45) is 0 Å². The van der Waals surface area contributed by atoms with Crippen molar-refractivity contribution in [1.29, 1.82) is 0 Å². The predicted octanol–water partition coefficient (Wildman–Crippen LogP) is 12.2. The van der Waals surface area contributed by atoms with E-state index in [1.165, 1.54) is 66.0 Å². The molecule has 0 aliphatic rings. The topological polar surface area (TPSA) is 182 Å². The Hall–Kier alpha value is -10.2. The third kappa shape index (κ3) is 11.3. The summed E-state index contributed by atoms with van der Waals surface area (Å²) in [6, 6.07) is 30.6. The molecule has 79 heavy (non-hydrogen) atoms. The molecule has 0 bridgehead atoms. The second kappa shape index (κ2) is 21.8. The molecule has 22 heteroatoms. The Morgan fingerprint density at radius 3 is 1.67 bits per heavy atom. The zero-order valence-corrected chi connectivity index (χ0v) is 40.3. The lowest BCUT2D eigenvalue weighted by Gasteiger charge is -2.17. The minimum Gasteiger partial charge on any atom is -0.433 e. The highest BCUT2D eigenvalue weighted by atomic mass is 19.4. The van der Waals surface area contributed by atoms with Gasteiger partial charge in [-0.2, -0.15) is 30.9 Å². The molecule has 10 rings (SSSR count). The van der Waals surface area contributed by atoms with E-state index < -0.39 is 80.8 Å². The predicted molar refractivity (Wildman–Crippen MR) is 271 cm³/mol. The van der Waals surface area contributed by atoms with E-state index in [-0.39, 0.29) is 58.8 Å². The lowest BCUT2D eigenvalue weighted by atomic mass is 10.0. The van der Waals surface area contributed by atoms with Gasteiger partial charge in [0.15, 0.2) is 17.4 Å². The van der Waals surface area contributed by atoms with Gasteiger partial charge in [-0.1, -0.05) is 60.7 Å². The largest absolute Gasteiger partial charge is 0.433 e. The number of nitrogens with one attached hydrogen (secondary N) is 2. The number of aliphatic hydroxyl groups is 1. The maximum atomic E-state index is 16.0. The van der Waals surface area contributed by atoms with Gasteiger partial charge in [0.2, 0.25) is 23.5 Å². The molecule has 0 aliphatic carbocycles. The fourth-order valence-corrected chi connectivity index (χ4v) is 8.29. The normalized spacial score (nSPS) is 11.5. The summed E-state index contributed by atoms with van der Waals surface area (Å²) < 4.78 is 127. The number of aromatic nitrogens is 8. The molecule has 0 spiro atoms. The summed E-state index contributed by atoms with van der Waals surface area (Å²) in [5, 5.41) is 14.7. The molecule has 0 saturated heterocycles. The average molecular weight is 1080 g/mol. The monoisotopic (exact) mass is 1080 g/mol. The van der Waals surface area contributed by atoms with Crippen molar-refractivity contribution in [2.75, 3.05) is 10.6 Å². The molecule has 2 amide bonds. The van der Waals surface area contributed by atoms with Gasteiger partial charge in [0.05, 0.1) is 45.9 Å². The van der Waals surface area contributed by atoms with Crippen LogP contribution in [-0.4, -0.2) is 51.8 Å². The van der Waals surface area contributed by atoms with Crippen LogP contribution in [0.25, 0.3) is 62.2 Å². The first-order valence-electron chi connectivity index (χ1n) is 23.4. The molecule has 0 unspecified atom stereocenters. The van der Waals surface area contributed by atoms with Crippen molar-refractivity contribution in [3.8, 4) is 73.9 Å². The van der Waals surface area contributed by atoms with Crippen molar-refractivity contribution in [3.05, 3.63) is 222 Å². The SMILES string of the molecule is O=C(Nc1cc(-c2ccc(CO)cn2)cnc1-c1ccccc1)c1cc(-c2ncc(-[n+]3cc(Oc4ccccn4)cc(NC(=O)c4cc(-c5ncccn5)c(C(F)(F)F)cc4F)c3-c3ccccc3)cn2)c(C(F)(F)F)cc1F. The van der Waals surface area contributed by atoms with Crippen LogP contribution in [0.4, 0.5) is 46.5 Å². The minimum absolute atomic E-state index is 0.00347. The summed E-state index contributed by atoms with van der Waals surface area (Å²) in [6.45, 7) is -0.264. The Balaban J connectivity index is 1.06. The number of ether oxygens (including phenoxy) is 1. The first-order chi connectivity index (χ1) is 38.0. The molecule has 0 radical (unpaired) electrons. The van der Waals surface area contributed by atoms with Crippen LogP contribution in [0.1, 0.15) is 37.4 Å². The number of rotatable bonds is 13. The van der Waals surface area contributed by atoms with E-state index >= 15 is 8.78 Å². The summed E-state index contributed by atoms with van der Waals surface area (Å²) in [7, 11) is 0. The third-order valence-corrected chi connectivity index (χ3v) is 12.0. The molecule has 0 fully saturated rings. The van der Waals surface area contributed by atoms with Gasteiger partial charge in [-0.25, -0.2) is 33.7 Å². The van der Waals surface area contributed by atoms with Gasteiger partial charge < -0.3 is 20.5 Å². The van der Waals surface area contributed by atoms with Gasteiger partial charge in [0.1, 0.15) is 29.7 Å². The van der Waals surface area contributed by atoms with E-state index in [9.17, 15) is 41.0 Å². The van der Waals surface area contributed by atoms with Crippen LogP contribution in [-0.2, 0) is 19.0 Å². The lowest BCUT2D eigenvalue weighted by molar-refractivity contribution is -0.584. The van der Waals surface area contributed by atoms with Crippen molar-refractivity contribution >= 4 is 23.2 Å². The molecule has 0 saturated carbocycles. The highest BCUT2D eigenvalue weighted by Crippen LogP contribution is 2.41. The quantitative estimate of drug-likeness (QED) is 0.0738. The molecular formula is C57H35F8N10O4+. The number of amides is 2. The van der Waals surface area contributed by atoms with E-state index in [1.54, 1.807) is 84.9 Å². The maximum Gasteiger partial charge on any atom is 0.417 e. The maximum absolute atomic E-state index is 16.0. The Labute approximate surface area is 441 Å². The number of nitrogens with zero attached hydrogens (tertiary/aromatic N) is 8. The number of anilines is 2. The summed E-state index contributed by atoms with van der Waals surface area (Å²) >= 11 is 0. The van der Waals surface area contributed by atoms with Crippen LogP contribution >= 0.6 is 0 Å². The highest BCUT2D eigenvalue weighted by Gasteiger charge is 2.38. The Morgan fingerprint density at radius 1 is 0.544 bits per heavy atom. The number of hydrogen-bond acceptors (Lipinski definition) is 11. The molecule has 14 nitrogen and oxygen atoms in total. The van der Waals surface area contributed by atoms with E-state index in [0.29, 0.717) is 40.1 Å². The molecule has 0 atom stereocenters. The number of halogens is 8.